The number of nitrogens with one attached hydrogen (secondary N) is 2. The summed E-state index contributed by atoms with van der Waals surface area (Å²) in [5, 5.41) is 10.3. The Bertz CT molecular complexity index is 1400. The van der Waals surface area contributed by atoms with Crippen molar-refractivity contribution in [3.8, 4) is 17.0 Å². The molecule has 4 rings (SSSR count). The van der Waals surface area contributed by atoms with E-state index in [1.165, 1.54) is 37.7 Å². The predicted octanol–water partition coefficient (Wildman–Crippen LogP) is 9.13. The summed E-state index contributed by atoms with van der Waals surface area (Å²) in [4.78, 5) is 17.4. The first kappa shape index (κ1) is 29.5. The summed E-state index contributed by atoms with van der Waals surface area (Å²) in [6, 6.07) is 21.3. The van der Waals surface area contributed by atoms with Gasteiger partial charge in [0.15, 0.2) is 5.13 Å². The maximum absolute atomic E-state index is 12.7. The van der Waals surface area contributed by atoms with Gasteiger partial charge < -0.3 is 10.1 Å². The SMILES string of the molecule is CCCCCCCCOc1ccc(Br)cc1/C=N/NC(=O)c1ccc(-c2csc(Nc3ccc(C)cc3)n2)cc1. The van der Waals surface area contributed by atoms with Crippen LogP contribution < -0.4 is 15.5 Å². The van der Waals surface area contributed by atoms with Crippen molar-refractivity contribution in [2.75, 3.05) is 11.9 Å². The fourth-order valence-corrected chi connectivity index (χ4v) is 5.18. The first-order valence-electron chi connectivity index (χ1n) is 13.7. The molecule has 1 heterocycles. The maximum Gasteiger partial charge on any atom is 0.271 e. The van der Waals surface area contributed by atoms with Crippen molar-refractivity contribution in [1.82, 2.24) is 10.4 Å². The highest BCUT2D eigenvalue weighted by Crippen LogP contribution is 2.27. The zero-order valence-corrected chi connectivity index (χ0v) is 25.4. The van der Waals surface area contributed by atoms with E-state index in [1.807, 2.05) is 47.8 Å². The molecule has 0 aliphatic rings. The molecule has 0 atom stereocenters. The van der Waals surface area contributed by atoms with Crippen LogP contribution in [-0.2, 0) is 0 Å². The molecule has 1 aromatic heterocycles. The molecule has 0 fully saturated rings. The lowest BCUT2D eigenvalue weighted by Crippen LogP contribution is -2.17. The molecule has 0 aliphatic heterocycles. The van der Waals surface area contributed by atoms with E-state index >= 15 is 0 Å². The van der Waals surface area contributed by atoms with E-state index in [0.717, 1.165) is 44.3 Å². The Hall–Kier alpha value is -3.49. The van der Waals surface area contributed by atoms with Gasteiger partial charge in [-0.1, -0.05) is 84.8 Å². The number of nitrogens with zero attached hydrogens (tertiary/aromatic N) is 2. The van der Waals surface area contributed by atoms with Crippen LogP contribution in [0, 0.1) is 6.92 Å². The number of benzene rings is 3. The molecule has 0 saturated heterocycles. The second kappa shape index (κ2) is 15.3. The fraction of sp³-hybridized carbons (Fsp3) is 0.281. The molecule has 40 heavy (non-hydrogen) atoms. The summed E-state index contributed by atoms with van der Waals surface area (Å²) in [5.41, 5.74) is 7.94. The highest BCUT2D eigenvalue weighted by molar-refractivity contribution is 9.10. The van der Waals surface area contributed by atoms with E-state index in [1.54, 1.807) is 29.7 Å². The molecule has 4 aromatic rings. The number of aromatic nitrogens is 1. The minimum atomic E-state index is -0.285. The van der Waals surface area contributed by atoms with E-state index < -0.39 is 0 Å². The number of ether oxygens (including phenoxy) is 1. The van der Waals surface area contributed by atoms with Gasteiger partial charge in [0.05, 0.1) is 18.5 Å². The molecule has 8 heteroatoms. The van der Waals surface area contributed by atoms with Crippen LogP contribution in [0.25, 0.3) is 11.3 Å². The van der Waals surface area contributed by atoms with Gasteiger partial charge in [-0.15, -0.1) is 11.3 Å². The molecular weight excluding hydrogens is 584 g/mol. The summed E-state index contributed by atoms with van der Waals surface area (Å²) in [7, 11) is 0. The van der Waals surface area contributed by atoms with Crippen LogP contribution in [0.1, 0.15) is 66.9 Å². The van der Waals surface area contributed by atoms with Crippen LogP contribution >= 0.6 is 27.3 Å². The molecule has 0 unspecified atom stereocenters. The molecule has 0 bridgehead atoms. The highest BCUT2D eigenvalue weighted by Gasteiger charge is 2.09. The van der Waals surface area contributed by atoms with Crippen LogP contribution in [0.2, 0.25) is 0 Å². The molecular formula is C32H35BrN4O2S. The number of aryl methyl sites for hydroxylation is 1. The normalized spacial score (nSPS) is 11.1. The zero-order chi connectivity index (χ0) is 28.2. The van der Waals surface area contributed by atoms with Crippen molar-refractivity contribution in [2.24, 2.45) is 5.10 Å². The number of hydrogen-bond acceptors (Lipinski definition) is 6. The van der Waals surface area contributed by atoms with Gasteiger partial charge in [0, 0.05) is 32.2 Å². The third-order valence-electron chi connectivity index (χ3n) is 6.35. The van der Waals surface area contributed by atoms with Crippen molar-refractivity contribution in [2.45, 2.75) is 52.4 Å². The number of carbonyl (C=O) groups excluding carboxylic acids is 1. The average Bonchev–Trinajstić information content (AvgIpc) is 3.43. The molecule has 208 valence electrons. The molecule has 0 saturated carbocycles. The topological polar surface area (TPSA) is 75.6 Å². The van der Waals surface area contributed by atoms with Gasteiger partial charge in [-0.3, -0.25) is 4.79 Å². The van der Waals surface area contributed by atoms with Gasteiger partial charge in [-0.2, -0.15) is 5.10 Å². The first-order valence-corrected chi connectivity index (χ1v) is 15.3. The monoisotopic (exact) mass is 618 g/mol. The summed E-state index contributed by atoms with van der Waals surface area (Å²) in [6.07, 6.45) is 8.88. The number of hydrazone groups is 1. The highest BCUT2D eigenvalue weighted by atomic mass is 79.9. The van der Waals surface area contributed by atoms with Gasteiger partial charge in [0.25, 0.3) is 5.91 Å². The predicted molar refractivity (Wildman–Crippen MR) is 170 cm³/mol. The molecule has 1 amide bonds. The lowest BCUT2D eigenvalue weighted by molar-refractivity contribution is 0.0955. The van der Waals surface area contributed by atoms with E-state index in [0.29, 0.717) is 12.2 Å². The van der Waals surface area contributed by atoms with Crippen molar-refractivity contribution < 1.29 is 9.53 Å². The van der Waals surface area contributed by atoms with Gasteiger partial charge in [0.1, 0.15) is 5.75 Å². The molecule has 2 N–H and O–H groups in total. The zero-order valence-electron chi connectivity index (χ0n) is 23.0. The number of unbranched alkanes of at least 4 members (excludes halogenated alkanes) is 5. The van der Waals surface area contributed by atoms with Gasteiger partial charge >= 0.3 is 0 Å². The second-order valence-corrected chi connectivity index (χ2v) is 11.4. The lowest BCUT2D eigenvalue weighted by Gasteiger charge is -2.09. The largest absolute Gasteiger partial charge is 0.493 e. The van der Waals surface area contributed by atoms with Crippen molar-refractivity contribution >= 4 is 50.2 Å². The van der Waals surface area contributed by atoms with Crippen LogP contribution in [0.5, 0.6) is 5.75 Å². The van der Waals surface area contributed by atoms with Crippen molar-refractivity contribution in [3.63, 3.8) is 0 Å². The fourth-order valence-electron chi connectivity index (χ4n) is 4.06. The van der Waals surface area contributed by atoms with Crippen molar-refractivity contribution in [3.05, 3.63) is 93.3 Å². The van der Waals surface area contributed by atoms with Crippen LogP contribution in [0.15, 0.2) is 81.7 Å². The third kappa shape index (κ3) is 9.03. The average molecular weight is 620 g/mol. The van der Waals surface area contributed by atoms with Crippen LogP contribution in [0.3, 0.4) is 0 Å². The number of hydrogen-bond donors (Lipinski definition) is 2. The minimum absolute atomic E-state index is 0.285. The standard InChI is InChI=1S/C32H35BrN4O2S/c1-3-4-5-6-7-8-19-39-30-18-15-27(33)20-26(30)21-34-37-31(38)25-13-11-24(12-14-25)29-22-40-32(36-29)35-28-16-9-23(2)10-17-28/h9-18,20-22H,3-8,19H2,1-2H3,(H,35,36)(H,37,38)/b34-21+. The molecule has 3 aromatic carbocycles. The number of carbonyl (C=O) groups is 1. The molecule has 6 nitrogen and oxygen atoms in total. The minimum Gasteiger partial charge on any atom is -0.493 e. The summed E-state index contributed by atoms with van der Waals surface area (Å²) in [5.74, 6) is 0.464. The second-order valence-electron chi connectivity index (χ2n) is 9.60. The smallest absolute Gasteiger partial charge is 0.271 e. The molecule has 0 aliphatic carbocycles. The Morgan fingerprint density at radius 1 is 1.00 bits per heavy atom. The van der Waals surface area contributed by atoms with Gasteiger partial charge in [0.2, 0.25) is 0 Å². The van der Waals surface area contributed by atoms with Crippen molar-refractivity contribution in [1.29, 1.82) is 0 Å². The van der Waals surface area contributed by atoms with E-state index in [4.69, 9.17) is 4.74 Å². The summed E-state index contributed by atoms with van der Waals surface area (Å²) < 4.78 is 6.92. The number of amides is 1. The maximum atomic E-state index is 12.7. The Balaban J connectivity index is 1.30. The van der Waals surface area contributed by atoms with Gasteiger partial charge in [-0.25, -0.2) is 10.4 Å². The number of halogens is 1. The Morgan fingerprint density at radius 3 is 2.52 bits per heavy atom. The third-order valence-corrected chi connectivity index (χ3v) is 7.60. The lowest BCUT2D eigenvalue weighted by atomic mass is 10.1. The molecule has 0 spiro atoms. The Morgan fingerprint density at radius 2 is 1.75 bits per heavy atom. The van der Waals surface area contributed by atoms with E-state index in [2.05, 4.69) is 62.7 Å². The molecule has 0 radical (unpaired) electrons. The van der Waals surface area contributed by atoms with E-state index in [-0.39, 0.29) is 5.91 Å². The number of thiazole rings is 1. The van der Waals surface area contributed by atoms with Crippen LogP contribution in [-0.4, -0.2) is 23.7 Å². The van der Waals surface area contributed by atoms with E-state index in [9.17, 15) is 4.79 Å². The quantitative estimate of drug-likeness (QED) is 0.0839. The summed E-state index contributed by atoms with van der Waals surface area (Å²) >= 11 is 5.04. The number of rotatable bonds is 14. The van der Waals surface area contributed by atoms with Crippen LogP contribution in [0.4, 0.5) is 10.8 Å². The Kier molecular flexibility index (Phi) is 11.3. The first-order chi connectivity index (χ1) is 19.5. The Labute approximate surface area is 249 Å². The number of anilines is 2. The summed E-state index contributed by atoms with van der Waals surface area (Å²) in [6.45, 7) is 4.95. The van der Waals surface area contributed by atoms with Gasteiger partial charge in [-0.05, 0) is 55.8 Å².